The first kappa shape index (κ1) is 15.1. The van der Waals surface area contributed by atoms with Gasteiger partial charge in [-0.15, -0.1) is 0 Å². The van der Waals surface area contributed by atoms with Crippen LogP contribution in [0.5, 0.6) is 0 Å². The lowest BCUT2D eigenvalue weighted by Gasteiger charge is -2.35. The number of piperidine rings is 1. The maximum absolute atomic E-state index is 5.97. The van der Waals surface area contributed by atoms with Crippen LogP contribution in [0.2, 0.25) is 0 Å². The van der Waals surface area contributed by atoms with Crippen molar-refractivity contribution in [1.29, 1.82) is 0 Å². The molecule has 1 aliphatic heterocycles. The highest BCUT2D eigenvalue weighted by molar-refractivity contribution is 5.21. The van der Waals surface area contributed by atoms with E-state index in [-0.39, 0.29) is 0 Å². The Morgan fingerprint density at radius 2 is 2.14 bits per heavy atom. The minimum atomic E-state index is 0.686. The van der Waals surface area contributed by atoms with Gasteiger partial charge in [0.25, 0.3) is 0 Å². The zero-order valence-corrected chi connectivity index (χ0v) is 13.7. The maximum atomic E-state index is 5.97. The van der Waals surface area contributed by atoms with E-state index < -0.39 is 0 Å². The molecule has 118 valence electrons. The van der Waals surface area contributed by atoms with Crippen molar-refractivity contribution >= 4 is 0 Å². The Morgan fingerprint density at radius 1 is 1.33 bits per heavy atom. The first-order valence-electron chi connectivity index (χ1n) is 8.32. The molecule has 1 unspecified atom stereocenters. The lowest BCUT2D eigenvalue weighted by Crippen LogP contribution is -2.44. The topological polar surface area (TPSA) is 31.7 Å². The van der Waals surface area contributed by atoms with E-state index in [2.05, 4.69) is 42.2 Å². The Hall–Kier alpha value is -0.840. The van der Waals surface area contributed by atoms with Crippen LogP contribution in [0.15, 0.2) is 10.5 Å². The van der Waals surface area contributed by atoms with Crippen molar-refractivity contribution in [2.75, 3.05) is 27.2 Å². The summed E-state index contributed by atoms with van der Waals surface area (Å²) in [5.41, 5.74) is 1.33. The molecule has 1 saturated heterocycles. The molecule has 3 rings (SSSR count). The van der Waals surface area contributed by atoms with Crippen LogP contribution in [0.1, 0.15) is 42.8 Å². The van der Waals surface area contributed by atoms with Crippen molar-refractivity contribution in [2.45, 2.75) is 57.8 Å². The molecule has 0 spiro atoms. The zero-order chi connectivity index (χ0) is 14.8. The van der Waals surface area contributed by atoms with Gasteiger partial charge in [0, 0.05) is 30.7 Å². The Labute approximate surface area is 128 Å². The molecular formula is C17H29N3O. The number of hydrogen-bond acceptors (Lipinski definition) is 4. The van der Waals surface area contributed by atoms with Crippen molar-refractivity contribution in [3.8, 4) is 0 Å². The fourth-order valence-electron chi connectivity index (χ4n) is 3.20. The van der Waals surface area contributed by atoms with E-state index >= 15 is 0 Å². The third kappa shape index (κ3) is 4.09. The standard InChI is InChI=1S/C17H29N3O/c1-13-14(10-18-15-6-7-15)9-17(21-13)12-20-8-4-5-16(11-20)19(2)3/h9,15-16,18H,4-8,10-12H2,1-3H3. The summed E-state index contributed by atoms with van der Waals surface area (Å²) < 4.78 is 5.97. The predicted octanol–water partition coefficient (Wildman–Crippen LogP) is 2.37. The van der Waals surface area contributed by atoms with Gasteiger partial charge < -0.3 is 14.6 Å². The van der Waals surface area contributed by atoms with Crippen LogP contribution in [0.4, 0.5) is 0 Å². The van der Waals surface area contributed by atoms with Crippen molar-refractivity contribution in [3.63, 3.8) is 0 Å². The summed E-state index contributed by atoms with van der Waals surface area (Å²) in [5, 5.41) is 3.57. The summed E-state index contributed by atoms with van der Waals surface area (Å²) >= 11 is 0. The van der Waals surface area contributed by atoms with Crippen LogP contribution in [0, 0.1) is 6.92 Å². The van der Waals surface area contributed by atoms with Gasteiger partial charge in [0.1, 0.15) is 11.5 Å². The Kier molecular flexibility index (Phi) is 4.67. The third-order valence-electron chi connectivity index (χ3n) is 4.82. The summed E-state index contributed by atoms with van der Waals surface area (Å²) in [7, 11) is 4.37. The average molecular weight is 291 g/mol. The van der Waals surface area contributed by atoms with Gasteiger partial charge in [-0.2, -0.15) is 0 Å². The highest BCUT2D eigenvalue weighted by Crippen LogP contribution is 2.22. The summed E-state index contributed by atoms with van der Waals surface area (Å²) in [6.45, 7) is 6.35. The molecule has 0 amide bonds. The second-order valence-electron chi connectivity index (χ2n) is 6.94. The SMILES string of the molecule is Cc1oc(CN2CCCC(N(C)C)C2)cc1CNC1CC1. The maximum Gasteiger partial charge on any atom is 0.118 e. The van der Waals surface area contributed by atoms with E-state index in [4.69, 9.17) is 4.42 Å². The summed E-state index contributed by atoms with van der Waals surface area (Å²) in [5.74, 6) is 2.21. The molecule has 4 nitrogen and oxygen atoms in total. The molecule has 0 aromatic carbocycles. The molecule has 1 aliphatic carbocycles. The van der Waals surface area contributed by atoms with Crippen LogP contribution in [0.3, 0.4) is 0 Å². The van der Waals surface area contributed by atoms with E-state index in [1.165, 1.54) is 37.8 Å². The van der Waals surface area contributed by atoms with E-state index in [9.17, 15) is 0 Å². The van der Waals surface area contributed by atoms with E-state index in [1.807, 2.05) is 0 Å². The van der Waals surface area contributed by atoms with Gasteiger partial charge in [-0.3, -0.25) is 4.90 Å². The largest absolute Gasteiger partial charge is 0.465 e. The number of rotatable bonds is 6. The number of nitrogens with zero attached hydrogens (tertiary/aromatic N) is 2. The quantitative estimate of drug-likeness (QED) is 0.872. The molecule has 2 heterocycles. The average Bonchev–Trinajstić information content (AvgIpc) is 3.21. The minimum absolute atomic E-state index is 0.686. The van der Waals surface area contributed by atoms with E-state index in [1.54, 1.807) is 0 Å². The van der Waals surface area contributed by atoms with Gasteiger partial charge in [0.05, 0.1) is 6.54 Å². The molecule has 1 N–H and O–H groups in total. The van der Waals surface area contributed by atoms with Gasteiger partial charge in [-0.1, -0.05) is 0 Å². The lowest BCUT2D eigenvalue weighted by atomic mass is 10.0. The van der Waals surface area contributed by atoms with Crippen molar-refractivity contribution in [3.05, 3.63) is 23.2 Å². The molecule has 1 aromatic heterocycles. The van der Waals surface area contributed by atoms with Crippen LogP contribution < -0.4 is 5.32 Å². The van der Waals surface area contributed by atoms with Crippen LogP contribution in [-0.4, -0.2) is 49.1 Å². The Bertz CT molecular complexity index is 465. The van der Waals surface area contributed by atoms with Crippen LogP contribution >= 0.6 is 0 Å². The molecule has 0 radical (unpaired) electrons. The molecule has 0 bridgehead atoms. The Balaban J connectivity index is 1.55. The number of likely N-dealkylation sites (N-methyl/N-ethyl adjacent to an activating group) is 1. The second kappa shape index (κ2) is 6.51. The molecule has 2 fully saturated rings. The molecule has 4 heteroatoms. The normalized spacial score (nSPS) is 23.9. The lowest BCUT2D eigenvalue weighted by molar-refractivity contribution is 0.121. The fourth-order valence-corrected chi connectivity index (χ4v) is 3.20. The van der Waals surface area contributed by atoms with Crippen LogP contribution in [0.25, 0.3) is 0 Å². The van der Waals surface area contributed by atoms with E-state index in [0.717, 1.165) is 37.2 Å². The number of aryl methyl sites for hydroxylation is 1. The van der Waals surface area contributed by atoms with Gasteiger partial charge in [-0.05, 0) is 59.3 Å². The Morgan fingerprint density at radius 3 is 2.86 bits per heavy atom. The van der Waals surface area contributed by atoms with E-state index in [0.29, 0.717) is 6.04 Å². The minimum Gasteiger partial charge on any atom is -0.465 e. The van der Waals surface area contributed by atoms with Crippen molar-refractivity contribution < 1.29 is 4.42 Å². The highest BCUT2D eigenvalue weighted by Gasteiger charge is 2.23. The summed E-state index contributed by atoms with van der Waals surface area (Å²) in [4.78, 5) is 4.88. The smallest absolute Gasteiger partial charge is 0.118 e. The number of likely N-dealkylation sites (tertiary alicyclic amines) is 1. The highest BCUT2D eigenvalue weighted by atomic mass is 16.3. The monoisotopic (exact) mass is 291 g/mol. The molecule has 1 atom stereocenters. The van der Waals surface area contributed by atoms with Gasteiger partial charge in [-0.25, -0.2) is 0 Å². The molecular weight excluding hydrogens is 262 g/mol. The van der Waals surface area contributed by atoms with Crippen molar-refractivity contribution in [2.24, 2.45) is 0 Å². The fraction of sp³-hybridized carbons (Fsp3) is 0.765. The van der Waals surface area contributed by atoms with Gasteiger partial charge >= 0.3 is 0 Å². The third-order valence-corrected chi connectivity index (χ3v) is 4.82. The van der Waals surface area contributed by atoms with Gasteiger partial charge in [0.15, 0.2) is 0 Å². The number of nitrogens with one attached hydrogen (secondary N) is 1. The zero-order valence-electron chi connectivity index (χ0n) is 13.7. The summed E-state index contributed by atoms with van der Waals surface area (Å²) in [6.07, 6.45) is 5.28. The number of furan rings is 1. The van der Waals surface area contributed by atoms with Crippen molar-refractivity contribution in [1.82, 2.24) is 15.1 Å². The first-order chi connectivity index (χ1) is 10.1. The second-order valence-corrected chi connectivity index (χ2v) is 6.94. The summed E-state index contributed by atoms with van der Waals surface area (Å²) in [6, 6.07) is 3.70. The molecule has 1 aromatic rings. The molecule has 21 heavy (non-hydrogen) atoms. The predicted molar refractivity (Wildman–Crippen MR) is 85.3 cm³/mol. The molecule has 2 aliphatic rings. The number of hydrogen-bond donors (Lipinski definition) is 1. The van der Waals surface area contributed by atoms with Crippen LogP contribution in [-0.2, 0) is 13.1 Å². The molecule has 1 saturated carbocycles. The first-order valence-corrected chi connectivity index (χ1v) is 8.32. The van der Waals surface area contributed by atoms with Gasteiger partial charge in [0.2, 0.25) is 0 Å².